The number of piperazine rings is 1. The lowest BCUT2D eigenvalue weighted by Crippen LogP contribution is -2.55. The van der Waals surface area contributed by atoms with Crippen molar-refractivity contribution in [3.63, 3.8) is 0 Å². The van der Waals surface area contributed by atoms with Crippen LogP contribution >= 0.6 is 35.3 Å². The Morgan fingerprint density at radius 3 is 2.59 bits per heavy atom. The van der Waals surface area contributed by atoms with Crippen molar-refractivity contribution in [3.8, 4) is 0 Å². The van der Waals surface area contributed by atoms with Crippen molar-refractivity contribution in [2.45, 2.75) is 23.2 Å². The molecule has 1 amide bonds. The van der Waals surface area contributed by atoms with E-state index < -0.39 is 10.0 Å². The highest BCUT2D eigenvalue weighted by Gasteiger charge is 2.30. The van der Waals surface area contributed by atoms with E-state index in [1.54, 1.807) is 24.6 Å². The molecule has 2 N–H and O–H groups in total. The van der Waals surface area contributed by atoms with Gasteiger partial charge < -0.3 is 19.9 Å². The van der Waals surface area contributed by atoms with Crippen LogP contribution in [0.5, 0.6) is 0 Å². The molecule has 0 aliphatic carbocycles. The van der Waals surface area contributed by atoms with Gasteiger partial charge in [0.05, 0.1) is 0 Å². The molecule has 9 nitrogen and oxygen atoms in total. The van der Waals surface area contributed by atoms with Gasteiger partial charge >= 0.3 is 0 Å². The highest BCUT2D eigenvalue weighted by Crippen LogP contribution is 2.16. The minimum Gasteiger partial charge on any atom is -0.368 e. The molecule has 1 unspecified atom stereocenters. The molecule has 1 aromatic heterocycles. The number of thiophene rings is 1. The number of carbonyl (C=O) groups is 1. The van der Waals surface area contributed by atoms with E-state index in [0.29, 0.717) is 49.5 Å². The van der Waals surface area contributed by atoms with Gasteiger partial charge in [0.15, 0.2) is 5.96 Å². The van der Waals surface area contributed by atoms with Gasteiger partial charge in [-0.15, -0.1) is 35.3 Å². The van der Waals surface area contributed by atoms with Crippen LogP contribution in [0.15, 0.2) is 26.7 Å². The number of nitrogens with zero attached hydrogens (tertiary/aromatic N) is 3. The molecule has 0 bridgehead atoms. The van der Waals surface area contributed by atoms with E-state index in [1.807, 2.05) is 4.90 Å². The van der Waals surface area contributed by atoms with Crippen LogP contribution in [0.3, 0.4) is 0 Å². The minimum atomic E-state index is -3.45. The van der Waals surface area contributed by atoms with E-state index in [9.17, 15) is 13.2 Å². The van der Waals surface area contributed by atoms with E-state index >= 15 is 0 Å². The summed E-state index contributed by atoms with van der Waals surface area (Å²) in [4.78, 5) is 20.6. The minimum absolute atomic E-state index is 0. The first-order valence-electron chi connectivity index (χ1n) is 9.40. The van der Waals surface area contributed by atoms with Gasteiger partial charge in [-0.1, -0.05) is 6.07 Å². The average molecular weight is 557 g/mol. The SMILES string of the molecule is CN=C(NCCNS(=O)(=O)c1cccs1)N1CCN(C(=O)C2CCCO2)CC1.I. The molecule has 3 heterocycles. The molecule has 29 heavy (non-hydrogen) atoms. The fraction of sp³-hybridized carbons (Fsp3) is 0.647. The number of amides is 1. The van der Waals surface area contributed by atoms with Gasteiger partial charge in [0.1, 0.15) is 10.3 Å². The van der Waals surface area contributed by atoms with Crippen molar-refractivity contribution in [1.29, 1.82) is 0 Å². The normalized spacial score (nSPS) is 20.4. The number of rotatable bonds is 6. The number of hydrogen-bond donors (Lipinski definition) is 2. The van der Waals surface area contributed by atoms with E-state index in [0.717, 1.165) is 12.8 Å². The van der Waals surface area contributed by atoms with E-state index in [-0.39, 0.29) is 42.5 Å². The Balaban J connectivity index is 0.00000300. The first-order valence-corrected chi connectivity index (χ1v) is 11.8. The third-order valence-electron chi connectivity index (χ3n) is 4.77. The topological polar surface area (TPSA) is 103 Å². The third kappa shape index (κ3) is 6.51. The van der Waals surface area contributed by atoms with Crippen molar-refractivity contribution in [2.75, 3.05) is 52.9 Å². The van der Waals surface area contributed by atoms with Crippen molar-refractivity contribution in [1.82, 2.24) is 19.8 Å². The molecule has 0 saturated carbocycles. The summed E-state index contributed by atoms with van der Waals surface area (Å²) in [7, 11) is -1.76. The van der Waals surface area contributed by atoms with Crippen LogP contribution in [0, 0.1) is 0 Å². The molecule has 2 aliphatic heterocycles. The summed E-state index contributed by atoms with van der Waals surface area (Å²) < 4.78 is 32.6. The van der Waals surface area contributed by atoms with Gasteiger partial charge in [0.2, 0.25) is 10.0 Å². The second kappa shape index (κ2) is 11.4. The molecule has 1 atom stereocenters. The smallest absolute Gasteiger partial charge is 0.251 e. The Bertz CT molecular complexity index is 774. The predicted octanol–water partition coefficient (Wildman–Crippen LogP) is 0.543. The lowest BCUT2D eigenvalue weighted by molar-refractivity contribution is -0.142. The van der Waals surface area contributed by atoms with E-state index in [2.05, 4.69) is 19.9 Å². The van der Waals surface area contributed by atoms with Crippen LogP contribution in [-0.4, -0.2) is 89.1 Å². The van der Waals surface area contributed by atoms with Crippen LogP contribution in [0.1, 0.15) is 12.8 Å². The summed E-state index contributed by atoms with van der Waals surface area (Å²) >= 11 is 1.19. The molecule has 2 fully saturated rings. The zero-order valence-electron chi connectivity index (χ0n) is 16.4. The van der Waals surface area contributed by atoms with Gasteiger partial charge in [0.25, 0.3) is 5.91 Å². The molecule has 0 aromatic carbocycles. The second-order valence-electron chi connectivity index (χ2n) is 6.62. The van der Waals surface area contributed by atoms with Crippen LogP contribution in [-0.2, 0) is 19.6 Å². The summed E-state index contributed by atoms with van der Waals surface area (Å²) in [5.74, 6) is 0.794. The molecule has 1 aromatic rings. The Hall–Kier alpha value is -0.960. The molecule has 0 radical (unpaired) electrons. The van der Waals surface area contributed by atoms with E-state index in [1.165, 1.54) is 11.3 Å². The highest BCUT2D eigenvalue weighted by atomic mass is 127. The molecular weight excluding hydrogens is 529 g/mol. The van der Waals surface area contributed by atoms with Gasteiger partial charge in [-0.2, -0.15) is 0 Å². The Morgan fingerprint density at radius 2 is 2.00 bits per heavy atom. The fourth-order valence-corrected chi connectivity index (χ4v) is 5.36. The Kier molecular flexibility index (Phi) is 9.59. The number of guanidine groups is 1. The molecule has 2 saturated heterocycles. The second-order valence-corrected chi connectivity index (χ2v) is 9.56. The number of carbonyl (C=O) groups excluding carboxylic acids is 1. The predicted molar refractivity (Wildman–Crippen MR) is 123 cm³/mol. The summed E-state index contributed by atoms with van der Waals surface area (Å²) in [5, 5.41) is 4.91. The lowest BCUT2D eigenvalue weighted by Gasteiger charge is -2.37. The van der Waals surface area contributed by atoms with Crippen molar-refractivity contribution < 1.29 is 17.9 Å². The first-order chi connectivity index (χ1) is 13.5. The van der Waals surface area contributed by atoms with Crippen molar-refractivity contribution in [3.05, 3.63) is 17.5 Å². The molecule has 3 rings (SSSR count). The monoisotopic (exact) mass is 557 g/mol. The maximum absolute atomic E-state index is 12.4. The maximum atomic E-state index is 12.4. The highest BCUT2D eigenvalue weighted by molar-refractivity contribution is 14.0. The molecular formula is C17H28IN5O4S2. The zero-order valence-corrected chi connectivity index (χ0v) is 20.3. The number of halogens is 1. The van der Waals surface area contributed by atoms with E-state index in [4.69, 9.17) is 4.74 Å². The van der Waals surface area contributed by atoms with Crippen LogP contribution < -0.4 is 10.0 Å². The summed E-state index contributed by atoms with van der Waals surface area (Å²) in [6.07, 6.45) is 1.48. The molecule has 2 aliphatic rings. The number of aliphatic imine (C=N–C) groups is 1. The molecule has 164 valence electrons. The lowest BCUT2D eigenvalue weighted by atomic mass is 10.2. The van der Waals surface area contributed by atoms with Crippen LogP contribution in [0.4, 0.5) is 0 Å². The standard InChI is InChI=1S/C17H27N5O4S2.HI/c1-18-17(19-6-7-20-28(24,25)15-5-3-13-27-15)22-10-8-21(9-11-22)16(23)14-4-2-12-26-14;/h3,5,13-14,20H,2,4,6-12H2,1H3,(H,18,19);1H. The number of sulfonamides is 1. The molecule has 12 heteroatoms. The van der Waals surface area contributed by atoms with Gasteiger partial charge in [0, 0.05) is 52.9 Å². The van der Waals surface area contributed by atoms with Crippen molar-refractivity contribution in [2.24, 2.45) is 4.99 Å². The molecule has 0 spiro atoms. The zero-order chi connectivity index (χ0) is 20.0. The Labute approximate surface area is 192 Å². The van der Waals surface area contributed by atoms with Gasteiger partial charge in [-0.05, 0) is 24.3 Å². The Morgan fingerprint density at radius 1 is 1.28 bits per heavy atom. The maximum Gasteiger partial charge on any atom is 0.251 e. The summed E-state index contributed by atoms with van der Waals surface area (Å²) in [6.45, 7) is 3.97. The largest absolute Gasteiger partial charge is 0.368 e. The number of nitrogens with one attached hydrogen (secondary N) is 2. The summed E-state index contributed by atoms with van der Waals surface area (Å²) in [5.41, 5.74) is 0. The van der Waals surface area contributed by atoms with Crippen LogP contribution in [0.2, 0.25) is 0 Å². The average Bonchev–Trinajstić information content (AvgIpc) is 3.42. The van der Waals surface area contributed by atoms with Crippen molar-refractivity contribution >= 4 is 57.2 Å². The first kappa shape index (κ1) is 24.3. The summed E-state index contributed by atoms with van der Waals surface area (Å²) in [6, 6.07) is 3.29. The fourth-order valence-electron chi connectivity index (χ4n) is 3.29. The van der Waals surface area contributed by atoms with Gasteiger partial charge in [-0.3, -0.25) is 9.79 Å². The number of ether oxygens (including phenoxy) is 1. The van der Waals surface area contributed by atoms with Gasteiger partial charge in [-0.25, -0.2) is 13.1 Å². The number of hydrogen-bond acceptors (Lipinski definition) is 6. The quantitative estimate of drug-likeness (QED) is 0.229. The third-order valence-corrected chi connectivity index (χ3v) is 7.63. The van der Waals surface area contributed by atoms with Crippen LogP contribution in [0.25, 0.3) is 0 Å².